The second-order valence-corrected chi connectivity index (χ2v) is 10.5. The second-order valence-electron chi connectivity index (χ2n) is 8.85. The van der Waals surface area contributed by atoms with Crippen LogP contribution in [0.15, 0.2) is 71.6 Å². The van der Waals surface area contributed by atoms with Crippen LogP contribution >= 0.6 is 24.0 Å². The van der Waals surface area contributed by atoms with Crippen molar-refractivity contribution in [2.24, 2.45) is 0 Å². The summed E-state index contributed by atoms with van der Waals surface area (Å²) in [5.74, 6) is -1.54. The van der Waals surface area contributed by atoms with Gasteiger partial charge in [0.25, 0.3) is 11.8 Å². The van der Waals surface area contributed by atoms with Gasteiger partial charge in [-0.25, -0.2) is 4.39 Å². The molecule has 1 N–H and O–H groups in total. The largest absolute Gasteiger partial charge is 0.325 e. The van der Waals surface area contributed by atoms with Crippen LogP contribution in [0, 0.1) is 19.7 Å². The Bertz CT molecular complexity index is 1500. The van der Waals surface area contributed by atoms with Crippen molar-refractivity contribution in [1.29, 1.82) is 0 Å². The summed E-state index contributed by atoms with van der Waals surface area (Å²) in [6, 6.07) is 18.5. The lowest BCUT2D eigenvalue weighted by molar-refractivity contribution is -0.122. The van der Waals surface area contributed by atoms with Gasteiger partial charge in [-0.15, -0.1) is 0 Å². The minimum atomic E-state index is -0.432. The van der Waals surface area contributed by atoms with Crippen LogP contribution in [0.2, 0.25) is 0 Å². The number of hydrogen-bond acceptors (Lipinski definition) is 5. The van der Waals surface area contributed by atoms with Crippen LogP contribution in [0.1, 0.15) is 22.3 Å². The van der Waals surface area contributed by atoms with E-state index in [1.807, 2.05) is 32.0 Å². The highest BCUT2D eigenvalue weighted by Crippen LogP contribution is 2.44. The van der Waals surface area contributed by atoms with Gasteiger partial charge in [0, 0.05) is 11.3 Å². The summed E-state index contributed by atoms with van der Waals surface area (Å²) < 4.78 is 13.6. The van der Waals surface area contributed by atoms with E-state index >= 15 is 0 Å². The maximum Gasteiger partial charge on any atom is 0.267 e. The van der Waals surface area contributed by atoms with E-state index in [1.165, 1.54) is 21.9 Å². The molecule has 186 valence electrons. The number of para-hydroxylation sites is 1. The number of anilines is 2. The van der Waals surface area contributed by atoms with Gasteiger partial charge in [-0.2, -0.15) is 0 Å². The van der Waals surface area contributed by atoms with Crippen molar-refractivity contribution in [2.75, 3.05) is 16.8 Å². The lowest BCUT2D eigenvalue weighted by atomic mass is 10.1. The van der Waals surface area contributed by atoms with Crippen molar-refractivity contribution in [1.82, 2.24) is 4.90 Å². The van der Waals surface area contributed by atoms with E-state index in [2.05, 4.69) is 5.32 Å². The molecule has 0 saturated carbocycles. The number of benzene rings is 3. The van der Waals surface area contributed by atoms with E-state index in [4.69, 9.17) is 12.2 Å². The quantitative estimate of drug-likeness (QED) is 0.362. The molecule has 0 atom stereocenters. The fourth-order valence-corrected chi connectivity index (χ4v) is 5.60. The van der Waals surface area contributed by atoms with Gasteiger partial charge in [0.2, 0.25) is 5.91 Å². The highest BCUT2D eigenvalue weighted by molar-refractivity contribution is 8.26. The number of thiocarbonyl (C=S) groups is 1. The average Bonchev–Trinajstić information content (AvgIpc) is 3.30. The van der Waals surface area contributed by atoms with Crippen LogP contribution < -0.4 is 10.2 Å². The molecule has 0 aliphatic carbocycles. The number of carbonyl (C=O) groups is 3. The van der Waals surface area contributed by atoms with Gasteiger partial charge in [0.15, 0.2) is 0 Å². The normalized spacial score (nSPS) is 17.0. The number of thioether (sulfide) groups is 1. The first kappa shape index (κ1) is 24.9. The number of amides is 3. The number of aryl methyl sites for hydroxylation is 2. The molecule has 2 aliphatic rings. The fourth-order valence-electron chi connectivity index (χ4n) is 4.28. The maximum absolute atomic E-state index is 13.6. The minimum Gasteiger partial charge on any atom is -0.325 e. The molecule has 0 unspecified atom stereocenters. The molecule has 3 amide bonds. The molecule has 1 fully saturated rings. The first-order valence-corrected chi connectivity index (χ1v) is 12.8. The standard InChI is InChI=1S/C28H22FN3O3S2/c1-16-7-12-20(13-17(16)2)30-23(33)15-31-22-6-4-3-5-21(22)24(26(31)34)25-27(35)32(28(36)37-25)14-18-8-10-19(29)11-9-18/h3-13H,14-15H2,1-2H3,(H,30,33)/b25-24-. The zero-order valence-corrected chi connectivity index (χ0v) is 21.7. The molecule has 1 saturated heterocycles. The van der Waals surface area contributed by atoms with E-state index < -0.39 is 5.91 Å². The monoisotopic (exact) mass is 531 g/mol. The Morgan fingerprint density at radius 2 is 1.68 bits per heavy atom. The van der Waals surface area contributed by atoms with Gasteiger partial charge in [-0.3, -0.25) is 24.2 Å². The summed E-state index contributed by atoms with van der Waals surface area (Å²) in [6.07, 6.45) is 0. The van der Waals surface area contributed by atoms with Crippen LogP contribution in [-0.4, -0.2) is 33.5 Å². The molecule has 37 heavy (non-hydrogen) atoms. The second kappa shape index (κ2) is 9.91. The Balaban J connectivity index is 1.42. The summed E-state index contributed by atoms with van der Waals surface area (Å²) >= 11 is 6.52. The Morgan fingerprint density at radius 1 is 0.946 bits per heavy atom. The molecule has 6 nitrogen and oxygen atoms in total. The molecule has 0 aromatic heterocycles. The van der Waals surface area contributed by atoms with Crippen molar-refractivity contribution in [3.63, 3.8) is 0 Å². The number of hydrogen-bond donors (Lipinski definition) is 1. The molecule has 9 heteroatoms. The Kier molecular flexibility index (Phi) is 6.66. The first-order valence-electron chi connectivity index (χ1n) is 11.5. The Labute approximate surface area is 223 Å². The smallest absolute Gasteiger partial charge is 0.267 e. The number of nitrogens with one attached hydrogen (secondary N) is 1. The number of halogens is 1. The zero-order chi connectivity index (χ0) is 26.3. The van der Waals surface area contributed by atoms with Gasteiger partial charge in [-0.1, -0.05) is 60.4 Å². The molecule has 3 aromatic carbocycles. The maximum atomic E-state index is 13.6. The van der Waals surface area contributed by atoms with Crippen LogP contribution in [0.3, 0.4) is 0 Å². The molecule has 0 radical (unpaired) electrons. The molecule has 3 aromatic rings. The summed E-state index contributed by atoms with van der Waals surface area (Å²) in [4.78, 5) is 42.9. The van der Waals surface area contributed by atoms with Crippen LogP contribution in [-0.2, 0) is 20.9 Å². The minimum absolute atomic E-state index is 0.166. The number of fused-ring (bicyclic) bond motifs is 1. The summed E-state index contributed by atoms with van der Waals surface area (Å²) in [6.45, 7) is 3.91. The number of nitrogens with zero attached hydrogens (tertiary/aromatic N) is 2. The average molecular weight is 532 g/mol. The summed E-state index contributed by atoms with van der Waals surface area (Å²) in [5, 5.41) is 2.85. The number of carbonyl (C=O) groups excluding carboxylic acids is 3. The molecule has 0 bridgehead atoms. The van der Waals surface area contributed by atoms with Crippen LogP contribution in [0.4, 0.5) is 15.8 Å². The molecule has 2 heterocycles. The van der Waals surface area contributed by atoms with E-state index in [0.29, 0.717) is 26.8 Å². The van der Waals surface area contributed by atoms with Crippen molar-refractivity contribution >= 4 is 63.0 Å². The predicted molar refractivity (Wildman–Crippen MR) is 147 cm³/mol. The van der Waals surface area contributed by atoms with E-state index in [1.54, 1.807) is 36.4 Å². The van der Waals surface area contributed by atoms with Crippen molar-refractivity contribution in [3.8, 4) is 0 Å². The lowest BCUT2D eigenvalue weighted by Crippen LogP contribution is -2.35. The number of rotatable bonds is 5. The van der Waals surface area contributed by atoms with Gasteiger partial charge in [-0.05, 0) is 60.9 Å². The van der Waals surface area contributed by atoms with Crippen molar-refractivity contribution < 1.29 is 18.8 Å². The fraction of sp³-hybridized carbons (Fsp3) is 0.143. The topological polar surface area (TPSA) is 69.7 Å². The van der Waals surface area contributed by atoms with Gasteiger partial charge < -0.3 is 5.32 Å². The SMILES string of the molecule is Cc1ccc(NC(=O)CN2C(=O)/C(=C3\SC(=S)N(Cc4ccc(F)cc4)C3=O)c3ccccc32)cc1C. The van der Waals surface area contributed by atoms with Crippen molar-refractivity contribution in [2.45, 2.75) is 20.4 Å². The Hall–Kier alpha value is -3.82. The predicted octanol–water partition coefficient (Wildman–Crippen LogP) is 5.20. The molecular weight excluding hydrogens is 509 g/mol. The van der Waals surface area contributed by atoms with Gasteiger partial charge in [0.1, 0.15) is 16.7 Å². The van der Waals surface area contributed by atoms with E-state index in [0.717, 1.165) is 22.9 Å². The third kappa shape index (κ3) is 4.80. The van der Waals surface area contributed by atoms with Gasteiger partial charge >= 0.3 is 0 Å². The lowest BCUT2D eigenvalue weighted by Gasteiger charge is -2.17. The summed E-state index contributed by atoms with van der Waals surface area (Å²) in [7, 11) is 0. The highest BCUT2D eigenvalue weighted by atomic mass is 32.2. The molecule has 0 spiro atoms. The van der Waals surface area contributed by atoms with Gasteiger partial charge in [0.05, 0.1) is 22.7 Å². The zero-order valence-electron chi connectivity index (χ0n) is 20.1. The van der Waals surface area contributed by atoms with E-state index in [-0.39, 0.29) is 41.2 Å². The van der Waals surface area contributed by atoms with Crippen molar-refractivity contribution in [3.05, 3.63) is 99.7 Å². The third-order valence-corrected chi connectivity index (χ3v) is 7.79. The third-order valence-electron chi connectivity index (χ3n) is 6.35. The molecular formula is C28H22FN3O3S2. The Morgan fingerprint density at radius 3 is 2.41 bits per heavy atom. The first-order chi connectivity index (χ1) is 17.7. The summed E-state index contributed by atoms with van der Waals surface area (Å²) in [5.41, 5.74) is 4.89. The van der Waals surface area contributed by atoms with Crippen LogP contribution in [0.5, 0.6) is 0 Å². The molecule has 2 aliphatic heterocycles. The molecule has 5 rings (SSSR count). The van der Waals surface area contributed by atoms with Crippen LogP contribution in [0.25, 0.3) is 5.57 Å². The highest BCUT2D eigenvalue weighted by Gasteiger charge is 2.42. The van der Waals surface area contributed by atoms with E-state index in [9.17, 15) is 18.8 Å².